The molecule has 1 heterocycles. The minimum Gasteiger partial charge on any atom is -0.389 e. The molecular weight excluding hydrogens is 253 g/mol. The van der Waals surface area contributed by atoms with Crippen molar-refractivity contribution in [2.75, 3.05) is 18.0 Å². The van der Waals surface area contributed by atoms with Crippen molar-refractivity contribution in [2.45, 2.75) is 53.1 Å². The van der Waals surface area contributed by atoms with Crippen LogP contribution in [0.25, 0.3) is 0 Å². The first-order valence-electron chi connectivity index (χ1n) is 7.65. The third kappa shape index (κ3) is 2.69. The predicted octanol–water partition coefficient (Wildman–Crippen LogP) is 4.20. The minimum atomic E-state index is -0.640. The molecule has 1 aliphatic heterocycles. The summed E-state index contributed by atoms with van der Waals surface area (Å²) in [5.41, 5.74) is 2.73. The summed E-state index contributed by atoms with van der Waals surface area (Å²) in [6.07, 6.45) is 2.88. The van der Waals surface area contributed by atoms with E-state index < -0.39 is 6.10 Å². The van der Waals surface area contributed by atoms with E-state index in [1.165, 1.54) is 25.3 Å². The first-order valence-corrected chi connectivity index (χ1v) is 7.65. The molecule has 1 unspecified atom stereocenters. The number of aliphatic hydroxyl groups excluding tert-OH is 1. The molecule has 0 radical (unpaired) electrons. The molecule has 1 fully saturated rings. The number of aliphatic hydroxyl groups is 1. The monoisotopic (exact) mass is 279 g/mol. The Morgan fingerprint density at radius 3 is 2.50 bits per heavy atom. The summed E-state index contributed by atoms with van der Waals surface area (Å²) in [6, 6.07) is 3.38. The van der Waals surface area contributed by atoms with Crippen LogP contribution >= 0.6 is 0 Å². The zero-order valence-electron chi connectivity index (χ0n) is 13.0. The van der Waals surface area contributed by atoms with E-state index in [2.05, 4.69) is 18.7 Å². The van der Waals surface area contributed by atoms with Crippen molar-refractivity contribution >= 4 is 5.69 Å². The van der Waals surface area contributed by atoms with Crippen molar-refractivity contribution in [3.8, 4) is 0 Å². The van der Waals surface area contributed by atoms with Gasteiger partial charge in [0, 0.05) is 24.3 Å². The second-order valence-electron chi connectivity index (χ2n) is 6.21. The number of halogens is 1. The van der Waals surface area contributed by atoms with Crippen LogP contribution in [0, 0.1) is 18.2 Å². The van der Waals surface area contributed by atoms with Gasteiger partial charge in [-0.2, -0.15) is 0 Å². The zero-order chi connectivity index (χ0) is 14.9. The van der Waals surface area contributed by atoms with Crippen LogP contribution in [0.15, 0.2) is 12.1 Å². The Kier molecular flexibility index (Phi) is 4.38. The standard InChI is InChI=1S/C17H26FNO/c1-5-17(6-2)7-8-19(11-17)16-9-12(3)15(18)10-14(16)13(4)20/h9-10,13,20H,5-8,11H2,1-4H3. The highest BCUT2D eigenvalue weighted by molar-refractivity contribution is 5.57. The molecule has 0 spiro atoms. The van der Waals surface area contributed by atoms with Gasteiger partial charge in [0.15, 0.2) is 0 Å². The van der Waals surface area contributed by atoms with E-state index in [0.29, 0.717) is 16.5 Å². The number of benzene rings is 1. The van der Waals surface area contributed by atoms with Gasteiger partial charge in [0.2, 0.25) is 0 Å². The number of nitrogens with zero attached hydrogens (tertiary/aromatic N) is 1. The normalized spacial score (nSPS) is 19.4. The summed E-state index contributed by atoms with van der Waals surface area (Å²) in [7, 11) is 0. The van der Waals surface area contributed by atoms with Gasteiger partial charge in [0.05, 0.1) is 6.10 Å². The summed E-state index contributed by atoms with van der Waals surface area (Å²) in [5, 5.41) is 9.93. The van der Waals surface area contributed by atoms with Crippen LogP contribution in [0.1, 0.15) is 57.3 Å². The molecule has 112 valence electrons. The molecule has 0 saturated carbocycles. The maximum absolute atomic E-state index is 13.8. The molecule has 2 nitrogen and oxygen atoms in total. The predicted molar refractivity (Wildman–Crippen MR) is 81.6 cm³/mol. The lowest BCUT2D eigenvalue weighted by atomic mass is 9.82. The molecule has 1 N–H and O–H groups in total. The lowest BCUT2D eigenvalue weighted by molar-refractivity contribution is 0.199. The maximum atomic E-state index is 13.8. The average molecular weight is 279 g/mol. The number of hydrogen-bond acceptors (Lipinski definition) is 2. The third-order valence-corrected chi connectivity index (χ3v) is 5.04. The molecule has 1 saturated heterocycles. The minimum absolute atomic E-state index is 0.235. The molecule has 1 aromatic carbocycles. The summed E-state index contributed by atoms with van der Waals surface area (Å²) in [5.74, 6) is -0.235. The Morgan fingerprint density at radius 1 is 1.35 bits per heavy atom. The molecule has 1 aliphatic rings. The topological polar surface area (TPSA) is 23.5 Å². The van der Waals surface area contributed by atoms with E-state index in [1.807, 2.05) is 6.07 Å². The number of hydrogen-bond donors (Lipinski definition) is 1. The average Bonchev–Trinajstić information content (AvgIpc) is 2.86. The highest BCUT2D eigenvalue weighted by Crippen LogP contribution is 2.41. The van der Waals surface area contributed by atoms with Crippen molar-refractivity contribution in [2.24, 2.45) is 5.41 Å². The van der Waals surface area contributed by atoms with Gasteiger partial charge >= 0.3 is 0 Å². The number of anilines is 1. The van der Waals surface area contributed by atoms with Crippen molar-refractivity contribution in [3.63, 3.8) is 0 Å². The SMILES string of the molecule is CCC1(CC)CCN(c2cc(C)c(F)cc2C(C)O)C1. The van der Waals surface area contributed by atoms with Crippen LogP contribution in [0.4, 0.5) is 10.1 Å². The Balaban J connectivity index is 2.36. The van der Waals surface area contributed by atoms with Gasteiger partial charge in [-0.15, -0.1) is 0 Å². The van der Waals surface area contributed by atoms with Crippen LogP contribution in [-0.2, 0) is 0 Å². The molecule has 2 rings (SSSR count). The summed E-state index contributed by atoms with van der Waals surface area (Å²) < 4.78 is 13.8. The third-order valence-electron chi connectivity index (χ3n) is 5.04. The Bertz CT molecular complexity index is 480. The molecule has 0 bridgehead atoms. The molecule has 3 heteroatoms. The molecule has 0 aliphatic carbocycles. The van der Waals surface area contributed by atoms with E-state index in [0.717, 1.165) is 18.8 Å². The van der Waals surface area contributed by atoms with E-state index in [9.17, 15) is 9.50 Å². The lowest BCUT2D eigenvalue weighted by Gasteiger charge is -2.29. The van der Waals surface area contributed by atoms with Crippen molar-refractivity contribution in [3.05, 3.63) is 29.1 Å². The van der Waals surface area contributed by atoms with Crippen LogP contribution in [0.3, 0.4) is 0 Å². The maximum Gasteiger partial charge on any atom is 0.126 e. The molecular formula is C17H26FNO. The lowest BCUT2D eigenvalue weighted by Crippen LogP contribution is -2.27. The van der Waals surface area contributed by atoms with E-state index in [1.54, 1.807) is 13.8 Å². The van der Waals surface area contributed by atoms with Crippen LogP contribution in [0.2, 0.25) is 0 Å². The Labute approximate surface area is 121 Å². The fraction of sp³-hybridized carbons (Fsp3) is 0.647. The number of rotatable bonds is 4. The summed E-state index contributed by atoms with van der Waals surface area (Å²) >= 11 is 0. The van der Waals surface area contributed by atoms with Gasteiger partial charge in [-0.1, -0.05) is 13.8 Å². The Hall–Kier alpha value is -1.09. The highest BCUT2D eigenvalue weighted by Gasteiger charge is 2.36. The summed E-state index contributed by atoms with van der Waals surface area (Å²) in [6.45, 7) is 9.98. The second-order valence-corrected chi connectivity index (χ2v) is 6.21. The van der Waals surface area contributed by atoms with E-state index >= 15 is 0 Å². The second kappa shape index (κ2) is 5.72. The van der Waals surface area contributed by atoms with E-state index in [4.69, 9.17) is 0 Å². The van der Waals surface area contributed by atoms with Gasteiger partial charge in [-0.05, 0) is 56.2 Å². The molecule has 1 atom stereocenters. The zero-order valence-corrected chi connectivity index (χ0v) is 13.0. The fourth-order valence-electron chi connectivity index (χ4n) is 3.26. The van der Waals surface area contributed by atoms with Gasteiger partial charge in [-0.25, -0.2) is 4.39 Å². The van der Waals surface area contributed by atoms with Crippen LogP contribution in [0.5, 0.6) is 0 Å². The smallest absolute Gasteiger partial charge is 0.126 e. The van der Waals surface area contributed by atoms with Crippen molar-refractivity contribution in [1.29, 1.82) is 0 Å². The first-order chi connectivity index (χ1) is 9.42. The van der Waals surface area contributed by atoms with Crippen molar-refractivity contribution in [1.82, 2.24) is 0 Å². The molecule has 20 heavy (non-hydrogen) atoms. The summed E-state index contributed by atoms with van der Waals surface area (Å²) in [4.78, 5) is 2.32. The quantitative estimate of drug-likeness (QED) is 0.892. The van der Waals surface area contributed by atoms with Gasteiger partial charge in [-0.3, -0.25) is 0 Å². The molecule has 1 aromatic rings. The molecule has 0 amide bonds. The van der Waals surface area contributed by atoms with E-state index in [-0.39, 0.29) is 5.82 Å². The Morgan fingerprint density at radius 2 is 2.00 bits per heavy atom. The largest absolute Gasteiger partial charge is 0.389 e. The van der Waals surface area contributed by atoms with Gasteiger partial charge < -0.3 is 10.0 Å². The fourth-order valence-corrected chi connectivity index (χ4v) is 3.26. The van der Waals surface area contributed by atoms with Gasteiger partial charge in [0.1, 0.15) is 5.82 Å². The highest BCUT2D eigenvalue weighted by atomic mass is 19.1. The van der Waals surface area contributed by atoms with Crippen molar-refractivity contribution < 1.29 is 9.50 Å². The number of aryl methyl sites for hydroxylation is 1. The molecule has 0 aromatic heterocycles. The van der Waals surface area contributed by atoms with Gasteiger partial charge in [0.25, 0.3) is 0 Å². The first kappa shape index (κ1) is 15.3. The van der Waals surface area contributed by atoms with Crippen LogP contribution in [-0.4, -0.2) is 18.2 Å². The van der Waals surface area contributed by atoms with Crippen LogP contribution < -0.4 is 4.90 Å².